The monoisotopic (exact) mass is 225 g/mol. The van der Waals surface area contributed by atoms with Gasteiger partial charge in [-0.1, -0.05) is 46.3 Å². The van der Waals surface area contributed by atoms with Crippen molar-refractivity contribution in [3.05, 3.63) is 35.9 Å². The van der Waals surface area contributed by atoms with Crippen molar-refractivity contribution in [2.24, 2.45) is 0 Å². The van der Waals surface area contributed by atoms with E-state index in [1.807, 2.05) is 30.3 Å². The average Bonchev–Trinajstić information content (AvgIpc) is 2.15. The molecule has 0 saturated heterocycles. The molecule has 0 aromatic heterocycles. The molecule has 1 aromatic carbocycles. The Kier molecular flexibility index (Phi) is 3.78. The third-order valence-corrected chi connectivity index (χ3v) is 1.71. The average molecular weight is 226 g/mol. The molecule has 1 atom stereocenters. The maximum absolute atomic E-state index is 8.71. The van der Waals surface area contributed by atoms with Crippen LogP contribution in [0.25, 0.3) is 0 Å². The van der Waals surface area contributed by atoms with E-state index in [1.165, 1.54) is 0 Å². The summed E-state index contributed by atoms with van der Waals surface area (Å²) in [6, 6.07) is 11.5. The molecule has 0 aliphatic heterocycles. The summed E-state index contributed by atoms with van der Waals surface area (Å²) in [5.74, 6) is 0. The van der Waals surface area contributed by atoms with E-state index in [0.29, 0.717) is 5.52 Å². The summed E-state index contributed by atoms with van der Waals surface area (Å²) in [4.78, 5) is 0. The van der Waals surface area contributed by atoms with Gasteiger partial charge in [-0.2, -0.15) is 5.26 Å². The van der Waals surface area contributed by atoms with E-state index in [9.17, 15) is 0 Å². The van der Waals surface area contributed by atoms with Gasteiger partial charge >= 0.3 is 0 Å². The van der Waals surface area contributed by atoms with Crippen LogP contribution < -0.4 is 0 Å². The molecule has 1 rings (SSSR count). The Morgan fingerprint density at radius 1 is 1.42 bits per heavy atom. The Hall–Kier alpha value is -0.850. The van der Waals surface area contributed by atoms with Gasteiger partial charge in [0.15, 0.2) is 6.10 Å². The highest BCUT2D eigenvalue weighted by atomic mass is 79.9. The first-order valence-electron chi connectivity index (χ1n) is 3.50. The predicted molar refractivity (Wildman–Crippen MR) is 49.7 cm³/mol. The fourth-order valence-electron chi connectivity index (χ4n) is 0.899. The van der Waals surface area contributed by atoms with E-state index in [0.717, 1.165) is 5.56 Å². The van der Waals surface area contributed by atoms with Crippen molar-refractivity contribution < 1.29 is 4.74 Å². The highest BCUT2D eigenvalue weighted by molar-refractivity contribution is 9.09. The molecule has 1 aromatic rings. The predicted octanol–water partition coefficient (Wildman–Crippen LogP) is 2.62. The van der Waals surface area contributed by atoms with Crippen LogP contribution >= 0.6 is 15.9 Å². The van der Waals surface area contributed by atoms with Crippen LogP contribution in [0.5, 0.6) is 0 Å². The van der Waals surface area contributed by atoms with Crippen molar-refractivity contribution in [2.75, 3.05) is 5.52 Å². The van der Waals surface area contributed by atoms with Gasteiger partial charge in [-0.05, 0) is 5.56 Å². The number of ether oxygens (including phenoxy) is 1. The SMILES string of the molecule is N#C[C@@H](OCBr)c1ccccc1. The van der Waals surface area contributed by atoms with Gasteiger partial charge in [0.05, 0.1) is 6.07 Å². The molecule has 0 bridgehead atoms. The van der Waals surface area contributed by atoms with E-state index in [4.69, 9.17) is 10.00 Å². The zero-order valence-corrected chi connectivity index (χ0v) is 7.99. The molecule has 0 N–H and O–H groups in total. The quantitative estimate of drug-likeness (QED) is 0.742. The molecular weight excluding hydrogens is 218 g/mol. The minimum absolute atomic E-state index is 0.375. The number of nitrogens with zero attached hydrogens (tertiary/aromatic N) is 1. The number of alkyl halides is 1. The fourth-order valence-corrected chi connectivity index (χ4v) is 1.16. The second-order valence-electron chi connectivity index (χ2n) is 2.20. The summed E-state index contributed by atoms with van der Waals surface area (Å²) in [5, 5.41) is 8.71. The van der Waals surface area contributed by atoms with Gasteiger partial charge in [-0.25, -0.2) is 0 Å². The van der Waals surface area contributed by atoms with Crippen LogP contribution in [0.1, 0.15) is 11.7 Å². The molecule has 0 amide bonds. The van der Waals surface area contributed by atoms with Crippen LogP contribution in [-0.4, -0.2) is 5.52 Å². The van der Waals surface area contributed by atoms with Crippen molar-refractivity contribution >= 4 is 15.9 Å². The van der Waals surface area contributed by atoms with Gasteiger partial charge in [-0.15, -0.1) is 0 Å². The first-order chi connectivity index (χ1) is 5.88. The van der Waals surface area contributed by atoms with E-state index in [1.54, 1.807) is 0 Å². The smallest absolute Gasteiger partial charge is 0.170 e. The van der Waals surface area contributed by atoms with Crippen LogP contribution in [0, 0.1) is 11.3 Å². The molecule has 0 saturated carbocycles. The fraction of sp³-hybridized carbons (Fsp3) is 0.222. The van der Waals surface area contributed by atoms with E-state index in [2.05, 4.69) is 22.0 Å². The Labute approximate surface area is 79.9 Å². The normalized spacial score (nSPS) is 12.0. The van der Waals surface area contributed by atoms with Gasteiger partial charge in [0.2, 0.25) is 0 Å². The van der Waals surface area contributed by atoms with Gasteiger partial charge < -0.3 is 4.74 Å². The van der Waals surface area contributed by atoms with Crippen molar-refractivity contribution in [3.63, 3.8) is 0 Å². The number of benzene rings is 1. The van der Waals surface area contributed by atoms with Crippen molar-refractivity contribution in [3.8, 4) is 6.07 Å². The van der Waals surface area contributed by atoms with Gasteiger partial charge in [0, 0.05) is 0 Å². The number of hydrogen-bond acceptors (Lipinski definition) is 2. The van der Waals surface area contributed by atoms with E-state index in [-0.39, 0.29) is 0 Å². The Bertz CT molecular complexity index is 268. The lowest BCUT2D eigenvalue weighted by atomic mass is 10.1. The lowest BCUT2D eigenvalue weighted by molar-refractivity contribution is 0.137. The molecule has 0 aliphatic rings. The summed E-state index contributed by atoms with van der Waals surface area (Å²) in [5.41, 5.74) is 1.26. The largest absolute Gasteiger partial charge is 0.347 e. The van der Waals surface area contributed by atoms with Crippen LogP contribution in [-0.2, 0) is 4.74 Å². The summed E-state index contributed by atoms with van der Waals surface area (Å²) in [7, 11) is 0. The summed E-state index contributed by atoms with van der Waals surface area (Å²) < 4.78 is 5.13. The summed E-state index contributed by atoms with van der Waals surface area (Å²) in [6.45, 7) is 0. The molecule has 0 unspecified atom stereocenters. The minimum atomic E-state index is -0.467. The van der Waals surface area contributed by atoms with Gasteiger partial charge in [0.1, 0.15) is 5.52 Å². The van der Waals surface area contributed by atoms with Gasteiger partial charge in [-0.3, -0.25) is 0 Å². The molecule has 0 fully saturated rings. The molecule has 0 heterocycles. The Balaban J connectivity index is 2.75. The standard InChI is InChI=1S/C9H8BrNO/c10-7-12-9(6-11)8-4-2-1-3-5-8/h1-5,9H,7H2/t9-/m1/s1. The maximum Gasteiger partial charge on any atom is 0.170 e. The molecule has 0 aliphatic carbocycles. The zero-order valence-electron chi connectivity index (χ0n) is 6.40. The van der Waals surface area contributed by atoms with Crippen LogP contribution in [0.3, 0.4) is 0 Å². The second-order valence-corrected chi connectivity index (χ2v) is 2.65. The number of rotatable bonds is 3. The summed E-state index contributed by atoms with van der Waals surface area (Å²) >= 11 is 3.11. The topological polar surface area (TPSA) is 33.0 Å². The Morgan fingerprint density at radius 2 is 2.08 bits per heavy atom. The third-order valence-electron chi connectivity index (χ3n) is 1.45. The highest BCUT2D eigenvalue weighted by Gasteiger charge is 2.08. The molecule has 62 valence electrons. The summed E-state index contributed by atoms with van der Waals surface area (Å²) in [6.07, 6.45) is -0.467. The minimum Gasteiger partial charge on any atom is -0.347 e. The van der Waals surface area contributed by atoms with Crippen molar-refractivity contribution in [2.45, 2.75) is 6.10 Å². The third kappa shape index (κ3) is 2.33. The molecule has 0 radical (unpaired) electrons. The first-order valence-corrected chi connectivity index (χ1v) is 4.62. The van der Waals surface area contributed by atoms with E-state index < -0.39 is 6.10 Å². The maximum atomic E-state index is 8.71. The molecular formula is C9H8BrNO. The Morgan fingerprint density at radius 3 is 2.58 bits per heavy atom. The number of halogens is 1. The lowest BCUT2D eigenvalue weighted by Gasteiger charge is -2.07. The van der Waals surface area contributed by atoms with Crippen molar-refractivity contribution in [1.29, 1.82) is 5.26 Å². The molecule has 2 nitrogen and oxygen atoms in total. The lowest BCUT2D eigenvalue weighted by Crippen LogP contribution is -1.99. The van der Waals surface area contributed by atoms with Gasteiger partial charge in [0.25, 0.3) is 0 Å². The molecule has 12 heavy (non-hydrogen) atoms. The molecule has 3 heteroatoms. The van der Waals surface area contributed by atoms with Crippen LogP contribution in [0.4, 0.5) is 0 Å². The number of hydrogen-bond donors (Lipinski definition) is 0. The van der Waals surface area contributed by atoms with Crippen LogP contribution in [0.15, 0.2) is 30.3 Å². The van der Waals surface area contributed by atoms with Crippen molar-refractivity contribution in [1.82, 2.24) is 0 Å². The number of nitriles is 1. The zero-order chi connectivity index (χ0) is 8.81. The highest BCUT2D eigenvalue weighted by Crippen LogP contribution is 2.15. The van der Waals surface area contributed by atoms with Crippen LogP contribution in [0.2, 0.25) is 0 Å². The second kappa shape index (κ2) is 4.91. The first kappa shape index (κ1) is 9.24. The van der Waals surface area contributed by atoms with E-state index >= 15 is 0 Å². The molecule has 0 spiro atoms.